The van der Waals surface area contributed by atoms with Gasteiger partial charge >= 0.3 is 6.18 Å². The minimum Gasteiger partial charge on any atom is -0.291 e. The molecular formula is C22H20ClF3N2O2. The molecule has 0 saturated carbocycles. The SMILES string of the molecule is O=C1C[C@H](N2CCC(c3ccccc3)CC2)C(=O)N1c1ccc(Cl)c(C(F)(F)F)c1. The van der Waals surface area contributed by atoms with Gasteiger partial charge in [-0.1, -0.05) is 41.9 Å². The van der Waals surface area contributed by atoms with E-state index in [4.69, 9.17) is 11.6 Å². The second-order valence-corrected chi connectivity index (χ2v) is 8.08. The van der Waals surface area contributed by atoms with Crippen molar-refractivity contribution in [3.63, 3.8) is 0 Å². The Bertz CT molecular complexity index is 957. The maximum Gasteiger partial charge on any atom is 0.417 e. The number of carbonyl (C=O) groups excluding carboxylic acids is 2. The van der Waals surface area contributed by atoms with Crippen molar-refractivity contribution in [1.29, 1.82) is 0 Å². The van der Waals surface area contributed by atoms with Crippen molar-refractivity contribution in [2.75, 3.05) is 18.0 Å². The van der Waals surface area contributed by atoms with Crippen LogP contribution >= 0.6 is 11.6 Å². The van der Waals surface area contributed by atoms with Gasteiger partial charge in [-0.3, -0.25) is 14.5 Å². The molecule has 4 rings (SSSR count). The molecule has 158 valence electrons. The van der Waals surface area contributed by atoms with Crippen molar-refractivity contribution >= 4 is 29.1 Å². The van der Waals surface area contributed by atoms with Crippen LogP contribution in [-0.4, -0.2) is 35.8 Å². The lowest BCUT2D eigenvalue weighted by atomic mass is 9.89. The zero-order valence-corrected chi connectivity index (χ0v) is 16.8. The highest BCUT2D eigenvalue weighted by molar-refractivity contribution is 6.31. The van der Waals surface area contributed by atoms with Crippen molar-refractivity contribution in [3.05, 3.63) is 64.7 Å². The molecule has 0 spiro atoms. The molecule has 2 fully saturated rings. The fourth-order valence-corrected chi connectivity index (χ4v) is 4.54. The number of amides is 2. The van der Waals surface area contributed by atoms with E-state index in [1.807, 2.05) is 23.1 Å². The second-order valence-electron chi connectivity index (χ2n) is 7.67. The first-order chi connectivity index (χ1) is 14.3. The molecule has 0 aliphatic carbocycles. The first kappa shape index (κ1) is 20.9. The van der Waals surface area contributed by atoms with Crippen molar-refractivity contribution in [1.82, 2.24) is 4.90 Å². The van der Waals surface area contributed by atoms with Gasteiger partial charge in [0.25, 0.3) is 5.91 Å². The van der Waals surface area contributed by atoms with E-state index in [1.165, 1.54) is 11.6 Å². The molecule has 1 atom stereocenters. The van der Waals surface area contributed by atoms with Crippen molar-refractivity contribution in [2.45, 2.75) is 37.4 Å². The Hall–Kier alpha value is -2.38. The molecule has 2 saturated heterocycles. The highest BCUT2D eigenvalue weighted by Gasteiger charge is 2.44. The van der Waals surface area contributed by atoms with E-state index in [0.717, 1.165) is 29.9 Å². The Morgan fingerprint density at radius 3 is 2.27 bits per heavy atom. The number of alkyl halides is 3. The molecule has 0 bridgehead atoms. The van der Waals surface area contributed by atoms with E-state index in [0.29, 0.717) is 19.0 Å². The lowest BCUT2D eigenvalue weighted by molar-refractivity contribution is -0.137. The van der Waals surface area contributed by atoms with E-state index in [1.54, 1.807) is 0 Å². The van der Waals surface area contributed by atoms with Crippen LogP contribution in [0, 0.1) is 0 Å². The molecule has 0 aromatic heterocycles. The van der Waals surface area contributed by atoms with Gasteiger partial charge in [-0.25, -0.2) is 4.90 Å². The third-order valence-corrected chi connectivity index (χ3v) is 6.21. The quantitative estimate of drug-likeness (QED) is 0.644. The van der Waals surface area contributed by atoms with Crippen LogP contribution in [0.2, 0.25) is 5.02 Å². The van der Waals surface area contributed by atoms with Crippen LogP contribution in [-0.2, 0) is 15.8 Å². The predicted molar refractivity (Wildman–Crippen MR) is 107 cm³/mol. The summed E-state index contributed by atoms with van der Waals surface area (Å²) >= 11 is 5.66. The van der Waals surface area contributed by atoms with Crippen LogP contribution < -0.4 is 4.90 Å². The lowest BCUT2D eigenvalue weighted by Crippen LogP contribution is -2.45. The van der Waals surface area contributed by atoms with E-state index >= 15 is 0 Å². The van der Waals surface area contributed by atoms with Gasteiger partial charge in [-0.2, -0.15) is 13.2 Å². The van der Waals surface area contributed by atoms with Gasteiger partial charge in [0, 0.05) is 0 Å². The average Bonchev–Trinajstić information content (AvgIpc) is 3.02. The summed E-state index contributed by atoms with van der Waals surface area (Å²) < 4.78 is 39.5. The molecule has 0 N–H and O–H groups in total. The minimum atomic E-state index is -4.67. The molecule has 4 nitrogen and oxygen atoms in total. The van der Waals surface area contributed by atoms with Gasteiger partial charge in [-0.15, -0.1) is 0 Å². The molecule has 0 radical (unpaired) electrons. The summed E-state index contributed by atoms with van der Waals surface area (Å²) in [6, 6.07) is 12.6. The summed E-state index contributed by atoms with van der Waals surface area (Å²) in [6.07, 6.45) is -2.97. The summed E-state index contributed by atoms with van der Waals surface area (Å²) in [5.41, 5.74) is 0.103. The smallest absolute Gasteiger partial charge is 0.291 e. The van der Waals surface area contributed by atoms with Crippen LogP contribution in [0.15, 0.2) is 48.5 Å². The number of halogens is 4. The topological polar surface area (TPSA) is 40.6 Å². The molecule has 2 aromatic carbocycles. The summed E-state index contributed by atoms with van der Waals surface area (Å²) in [6.45, 7) is 1.32. The molecule has 30 heavy (non-hydrogen) atoms. The maximum absolute atomic E-state index is 13.2. The predicted octanol–water partition coefficient (Wildman–Crippen LogP) is 4.87. The maximum atomic E-state index is 13.2. The summed E-state index contributed by atoms with van der Waals surface area (Å²) in [5.74, 6) is -0.574. The number of piperidine rings is 1. The van der Waals surface area contributed by atoms with Gasteiger partial charge in [0.15, 0.2) is 0 Å². The van der Waals surface area contributed by atoms with Crippen molar-refractivity contribution in [3.8, 4) is 0 Å². The van der Waals surface area contributed by atoms with E-state index in [-0.39, 0.29) is 12.1 Å². The summed E-state index contributed by atoms with van der Waals surface area (Å²) in [5, 5.41) is -0.468. The Labute approximate surface area is 177 Å². The van der Waals surface area contributed by atoms with E-state index < -0.39 is 34.6 Å². The minimum absolute atomic E-state index is 0.0290. The van der Waals surface area contributed by atoms with Gasteiger partial charge < -0.3 is 0 Å². The molecule has 0 unspecified atom stereocenters. The number of hydrogen-bond acceptors (Lipinski definition) is 3. The zero-order chi connectivity index (χ0) is 21.5. The fraction of sp³-hybridized carbons (Fsp3) is 0.364. The van der Waals surface area contributed by atoms with E-state index in [2.05, 4.69) is 12.1 Å². The Balaban J connectivity index is 1.49. The number of carbonyl (C=O) groups is 2. The highest BCUT2D eigenvalue weighted by atomic mass is 35.5. The van der Waals surface area contributed by atoms with Crippen molar-refractivity contribution < 1.29 is 22.8 Å². The third kappa shape index (κ3) is 3.96. The van der Waals surface area contributed by atoms with Crippen LogP contribution in [0.5, 0.6) is 0 Å². The van der Waals surface area contributed by atoms with Gasteiger partial charge in [0.1, 0.15) is 0 Å². The summed E-state index contributed by atoms with van der Waals surface area (Å²) in [7, 11) is 0. The van der Waals surface area contributed by atoms with Crippen LogP contribution in [0.1, 0.15) is 36.3 Å². The number of anilines is 1. The summed E-state index contributed by atoms with van der Waals surface area (Å²) in [4.78, 5) is 28.3. The number of rotatable bonds is 3. The molecule has 2 aliphatic rings. The zero-order valence-electron chi connectivity index (χ0n) is 16.0. The van der Waals surface area contributed by atoms with E-state index in [9.17, 15) is 22.8 Å². The number of hydrogen-bond donors (Lipinski definition) is 0. The molecule has 2 aromatic rings. The normalized spacial score (nSPS) is 21.5. The molecule has 8 heteroatoms. The first-order valence-corrected chi connectivity index (χ1v) is 10.2. The monoisotopic (exact) mass is 436 g/mol. The van der Waals surface area contributed by atoms with Crippen LogP contribution in [0.3, 0.4) is 0 Å². The number of nitrogens with zero attached hydrogens (tertiary/aromatic N) is 2. The fourth-order valence-electron chi connectivity index (χ4n) is 4.31. The molecule has 2 heterocycles. The molecular weight excluding hydrogens is 417 g/mol. The van der Waals surface area contributed by atoms with Crippen LogP contribution in [0.4, 0.5) is 18.9 Å². The Morgan fingerprint density at radius 1 is 0.967 bits per heavy atom. The van der Waals surface area contributed by atoms with Gasteiger partial charge in [0.2, 0.25) is 5.91 Å². The molecule has 2 aliphatic heterocycles. The average molecular weight is 437 g/mol. The number of likely N-dealkylation sites (tertiary alicyclic amines) is 1. The Morgan fingerprint density at radius 2 is 1.63 bits per heavy atom. The van der Waals surface area contributed by atoms with Gasteiger partial charge in [0.05, 0.1) is 28.7 Å². The largest absolute Gasteiger partial charge is 0.417 e. The van der Waals surface area contributed by atoms with Gasteiger partial charge in [-0.05, 0) is 55.6 Å². The number of imide groups is 1. The standard InChI is InChI=1S/C22H20ClF3N2O2/c23-18-7-6-16(12-17(18)22(24,25)26)28-20(29)13-19(21(28)30)27-10-8-15(9-11-27)14-4-2-1-3-5-14/h1-7,12,15,19H,8-11,13H2/t19-/m0/s1. The first-order valence-electron chi connectivity index (χ1n) is 9.78. The lowest BCUT2D eigenvalue weighted by Gasteiger charge is -2.35. The van der Waals surface area contributed by atoms with Crippen molar-refractivity contribution in [2.24, 2.45) is 0 Å². The number of benzene rings is 2. The van der Waals surface area contributed by atoms with Crippen LogP contribution in [0.25, 0.3) is 0 Å². The Kier molecular flexibility index (Phi) is 5.59. The molecule has 2 amide bonds. The second kappa shape index (κ2) is 8.04. The third-order valence-electron chi connectivity index (χ3n) is 5.88. The highest BCUT2D eigenvalue weighted by Crippen LogP contribution is 2.38.